The molecule has 0 fully saturated rings. The van der Waals surface area contributed by atoms with Gasteiger partial charge in [0.2, 0.25) is 5.91 Å². The Morgan fingerprint density at radius 1 is 1.15 bits per heavy atom. The minimum Gasteiger partial charge on any atom is -0.374 e. The van der Waals surface area contributed by atoms with Gasteiger partial charge in [-0.2, -0.15) is 0 Å². The van der Waals surface area contributed by atoms with Crippen molar-refractivity contribution in [1.29, 1.82) is 0 Å². The largest absolute Gasteiger partial charge is 0.374 e. The van der Waals surface area contributed by atoms with Crippen LogP contribution in [0.1, 0.15) is 31.3 Å². The summed E-state index contributed by atoms with van der Waals surface area (Å²) in [6.07, 6.45) is 1.63. The van der Waals surface area contributed by atoms with Gasteiger partial charge in [-0.1, -0.05) is 60.1 Å². The lowest BCUT2D eigenvalue weighted by Crippen LogP contribution is -2.50. The summed E-state index contributed by atoms with van der Waals surface area (Å²) in [7, 11) is 0. The Balaban J connectivity index is 1.71. The van der Waals surface area contributed by atoms with E-state index in [9.17, 15) is 9.18 Å². The maximum Gasteiger partial charge on any atom is 0.240 e. The Morgan fingerprint density at radius 2 is 1.85 bits per heavy atom. The van der Waals surface area contributed by atoms with Gasteiger partial charge in [-0.05, 0) is 31.5 Å². The molecular weight excluding hydrogens is 457 g/mol. The van der Waals surface area contributed by atoms with E-state index in [2.05, 4.69) is 15.5 Å². The molecule has 2 heterocycles. The molecule has 9 heteroatoms. The number of carbonyl (C=O) groups is 1. The highest BCUT2D eigenvalue weighted by Crippen LogP contribution is 2.30. The van der Waals surface area contributed by atoms with E-state index in [-0.39, 0.29) is 12.5 Å². The average Bonchev–Trinajstić information content (AvgIpc) is 3.22. The maximum atomic E-state index is 14.5. The summed E-state index contributed by atoms with van der Waals surface area (Å²) in [6.45, 7) is 3.68. The van der Waals surface area contributed by atoms with Crippen molar-refractivity contribution in [2.75, 3.05) is 6.61 Å². The maximum absolute atomic E-state index is 14.5. The zero-order valence-electron chi connectivity index (χ0n) is 18.8. The molecule has 0 saturated heterocycles. The normalized spacial score (nSPS) is 12.6. The van der Waals surface area contributed by atoms with Crippen LogP contribution < -0.4 is 11.1 Å². The number of fused-ring (bicyclic) bond motifs is 1. The lowest BCUT2D eigenvalue weighted by atomic mass is 10.1. The number of nitrogens with zero attached hydrogens (tertiary/aromatic N) is 3. The third kappa shape index (κ3) is 5.25. The number of nitrogens with two attached hydrogens (primary N) is 1. The van der Waals surface area contributed by atoms with E-state index in [0.717, 1.165) is 5.56 Å². The molecule has 3 N–H and O–H groups in total. The molecule has 34 heavy (non-hydrogen) atoms. The molecule has 1 amide bonds. The SMILES string of the molecule is CC(C)(N)C(=O)N[C@H](COCc1ccccc1)c1nnc2c(-c3ccccc3F)cc(Cl)cn12. The minimum atomic E-state index is -1.12. The summed E-state index contributed by atoms with van der Waals surface area (Å²) >= 11 is 6.38. The minimum absolute atomic E-state index is 0.110. The van der Waals surface area contributed by atoms with Crippen molar-refractivity contribution in [3.8, 4) is 11.1 Å². The van der Waals surface area contributed by atoms with Crippen LogP contribution in [0.15, 0.2) is 66.9 Å². The summed E-state index contributed by atoms with van der Waals surface area (Å²) < 4.78 is 22.1. The summed E-state index contributed by atoms with van der Waals surface area (Å²) in [5.74, 6) is -0.396. The summed E-state index contributed by atoms with van der Waals surface area (Å²) in [4.78, 5) is 12.7. The average molecular weight is 482 g/mol. The zero-order chi connectivity index (χ0) is 24.3. The van der Waals surface area contributed by atoms with Crippen LogP contribution in [0.5, 0.6) is 0 Å². The molecule has 1 atom stereocenters. The quantitative estimate of drug-likeness (QED) is 0.391. The summed E-state index contributed by atoms with van der Waals surface area (Å²) in [5, 5.41) is 11.9. The van der Waals surface area contributed by atoms with E-state index in [1.54, 1.807) is 48.7 Å². The molecule has 0 aliphatic rings. The molecule has 176 valence electrons. The first-order valence-corrected chi connectivity index (χ1v) is 11.1. The molecule has 2 aromatic heterocycles. The standard InChI is InChI=1S/C25H25ClFN5O2/c1-25(2,28)24(33)29-21(15-34-14-16-8-4-3-5-9-16)23-31-30-22-19(12-17(26)13-32(22)23)18-10-6-7-11-20(18)27/h3-13,21H,14-15,28H2,1-2H3,(H,29,33)/t21-/m1/s1. The van der Waals surface area contributed by atoms with E-state index in [1.807, 2.05) is 30.3 Å². The number of rotatable bonds is 8. The van der Waals surface area contributed by atoms with E-state index in [4.69, 9.17) is 22.1 Å². The van der Waals surface area contributed by atoms with Crippen molar-refractivity contribution in [3.05, 3.63) is 89.1 Å². The highest BCUT2D eigenvalue weighted by Gasteiger charge is 2.28. The van der Waals surface area contributed by atoms with Crippen LogP contribution in [0.25, 0.3) is 16.8 Å². The van der Waals surface area contributed by atoms with Gasteiger partial charge in [-0.25, -0.2) is 4.39 Å². The molecule has 0 spiro atoms. The number of benzene rings is 2. The molecule has 7 nitrogen and oxygen atoms in total. The van der Waals surface area contributed by atoms with Crippen molar-refractivity contribution in [2.45, 2.75) is 32.0 Å². The Kier molecular flexibility index (Phi) is 6.92. The Hall–Kier alpha value is -3.33. The predicted molar refractivity (Wildman–Crippen MR) is 129 cm³/mol. The number of aromatic nitrogens is 3. The van der Waals surface area contributed by atoms with Gasteiger partial charge in [0.05, 0.1) is 23.8 Å². The van der Waals surface area contributed by atoms with Crippen molar-refractivity contribution in [1.82, 2.24) is 19.9 Å². The number of nitrogens with one attached hydrogen (secondary N) is 1. The summed E-state index contributed by atoms with van der Waals surface area (Å²) in [6, 6.07) is 17.0. The molecule has 0 aliphatic carbocycles. The molecular formula is C25H25ClFN5O2. The number of hydrogen-bond acceptors (Lipinski definition) is 5. The third-order valence-corrected chi connectivity index (χ3v) is 5.47. The van der Waals surface area contributed by atoms with Crippen molar-refractivity contribution in [2.24, 2.45) is 5.73 Å². The van der Waals surface area contributed by atoms with Crippen LogP contribution in [0.3, 0.4) is 0 Å². The molecule has 4 aromatic rings. The number of carbonyl (C=O) groups excluding carboxylic acids is 1. The highest BCUT2D eigenvalue weighted by molar-refractivity contribution is 6.30. The second-order valence-electron chi connectivity index (χ2n) is 8.55. The Morgan fingerprint density at radius 3 is 2.56 bits per heavy atom. The summed E-state index contributed by atoms with van der Waals surface area (Å²) in [5.41, 5.74) is 7.10. The third-order valence-electron chi connectivity index (χ3n) is 5.26. The molecule has 0 aliphatic heterocycles. The molecule has 0 saturated carbocycles. The fourth-order valence-electron chi connectivity index (χ4n) is 3.49. The monoisotopic (exact) mass is 481 g/mol. The number of amides is 1. The topological polar surface area (TPSA) is 94.5 Å². The van der Waals surface area contributed by atoms with Gasteiger partial charge < -0.3 is 15.8 Å². The highest BCUT2D eigenvalue weighted by atomic mass is 35.5. The van der Waals surface area contributed by atoms with Crippen molar-refractivity contribution >= 4 is 23.2 Å². The van der Waals surface area contributed by atoms with Crippen molar-refractivity contribution in [3.63, 3.8) is 0 Å². The lowest BCUT2D eigenvalue weighted by Gasteiger charge is -2.23. The second kappa shape index (κ2) is 9.89. The first kappa shape index (κ1) is 23.8. The van der Waals surface area contributed by atoms with Crippen LogP contribution in [0.4, 0.5) is 4.39 Å². The van der Waals surface area contributed by atoms with Gasteiger partial charge in [0.1, 0.15) is 11.9 Å². The van der Waals surface area contributed by atoms with Crippen LogP contribution in [-0.4, -0.2) is 32.7 Å². The number of pyridine rings is 1. The lowest BCUT2D eigenvalue weighted by molar-refractivity contribution is -0.126. The smallest absolute Gasteiger partial charge is 0.240 e. The van der Waals surface area contributed by atoms with Crippen LogP contribution in [0.2, 0.25) is 5.02 Å². The van der Waals surface area contributed by atoms with Gasteiger partial charge >= 0.3 is 0 Å². The molecule has 0 radical (unpaired) electrons. The Labute approximate surface area is 201 Å². The number of hydrogen-bond donors (Lipinski definition) is 2. The van der Waals surface area contributed by atoms with E-state index in [1.165, 1.54) is 6.07 Å². The fourth-order valence-corrected chi connectivity index (χ4v) is 3.69. The molecule has 0 unspecified atom stereocenters. The first-order chi connectivity index (χ1) is 16.2. The molecule has 0 bridgehead atoms. The van der Waals surface area contributed by atoms with E-state index < -0.39 is 17.4 Å². The predicted octanol–water partition coefficient (Wildman–Crippen LogP) is 4.30. The van der Waals surface area contributed by atoms with Gasteiger partial charge in [0.15, 0.2) is 11.5 Å². The fraction of sp³-hybridized carbons (Fsp3) is 0.240. The van der Waals surface area contributed by atoms with Crippen molar-refractivity contribution < 1.29 is 13.9 Å². The Bertz CT molecular complexity index is 1300. The zero-order valence-corrected chi connectivity index (χ0v) is 19.6. The van der Waals surface area contributed by atoms with E-state index in [0.29, 0.717) is 34.2 Å². The molecule has 2 aromatic carbocycles. The number of halogens is 2. The molecule has 4 rings (SSSR count). The number of ether oxygens (including phenoxy) is 1. The van der Waals surface area contributed by atoms with E-state index >= 15 is 0 Å². The van der Waals surface area contributed by atoms with Crippen LogP contribution in [-0.2, 0) is 16.1 Å². The first-order valence-electron chi connectivity index (χ1n) is 10.7. The van der Waals surface area contributed by atoms with Gasteiger partial charge in [-0.3, -0.25) is 9.20 Å². The van der Waals surface area contributed by atoms with Crippen LogP contribution >= 0.6 is 11.6 Å². The van der Waals surface area contributed by atoms with Gasteiger partial charge in [-0.15, -0.1) is 10.2 Å². The van der Waals surface area contributed by atoms with Gasteiger partial charge in [0.25, 0.3) is 0 Å². The second-order valence-corrected chi connectivity index (χ2v) is 8.99. The van der Waals surface area contributed by atoms with Gasteiger partial charge in [0, 0.05) is 17.3 Å². The van der Waals surface area contributed by atoms with Crippen LogP contribution in [0, 0.1) is 5.82 Å².